The van der Waals surface area contributed by atoms with Crippen molar-refractivity contribution in [2.75, 3.05) is 18.7 Å². The maximum absolute atomic E-state index is 11.2. The largest absolute Gasteiger partial charge is 0.464 e. The summed E-state index contributed by atoms with van der Waals surface area (Å²) >= 11 is 7.23. The van der Waals surface area contributed by atoms with Crippen LogP contribution in [0.5, 0.6) is 0 Å². The number of halogens is 1. The molecule has 0 radical (unpaired) electrons. The first kappa shape index (κ1) is 13.3. The lowest BCUT2D eigenvalue weighted by Gasteiger charge is -2.06. The molecule has 1 atom stereocenters. The molecule has 4 nitrogen and oxygen atoms in total. The zero-order chi connectivity index (χ0) is 12.0. The summed E-state index contributed by atoms with van der Waals surface area (Å²) in [6.07, 6.45) is 3.01. The lowest BCUT2D eigenvalue weighted by molar-refractivity contribution is 0.0592. The van der Waals surface area contributed by atoms with Crippen molar-refractivity contribution in [2.45, 2.75) is 11.9 Å². The van der Waals surface area contributed by atoms with Crippen LogP contribution < -0.4 is 0 Å². The Kier molecular flexibility index (Phi) is 5.55. The summed E-state index contributed by atoms with van der Waals surface area (Å²) in [4.78, 5) is 19.3. The van der Waals surface area contributed by atoms with Gasteiger partial charge in [-0.15, -0.1) is 23.4 Å². The second kappa shape index (κ2) is 6.70. The van der Waals surface area contributed by atoms with Crippen LogP contribution in [0.25, 0.3) is 0 Å². The molecule has 0 aliphatic heterocycles. The highest BCUT2D eigenvalue weighted by Gasteiger charge is 2.09. The highest BCUT2D eigenvalue weighted by Crippen LogP contribution is 2.18. The fraction of sp³-hybridized carbons (Fsp3) is 0.500. The fourth-order valence-electron chi connectivity index (χ4n) is 0.893. The molecule has 0 saturated carbocycles. The summed E-state index contributed by atoms with van der Waals surface area (Å²) in [5, 5.41) is 0.708. The van der Waals surface area contributed by atoms with Crippen LogP contribution in [0.1, 0.15) is 17.4 Å². The second-order valence-corrected chi connectivity index (χ2v) is 4.65. The summed E-state index contributed by atoms with van der Waals surface area (Å²) < 4.78 is 4.57. The molecule has 1 rings (SSSR count). The van der Waals surface area contributed by atoms with Crippen molar-refractivity contribution in [3.8, 4) is 0 Å². The number of carbonyl (C=O) groups excluding carboxylic acids is 1. The van der Waals surface area contributed by atoms with E-state index in [1.54, 1.807) is 6.20 Å². The van der Waals surface area contributed by atoms with E-state index >= 15 is 0 Å². The average Bonchev–Trinajstić information content (AvgIpc) is 2.35. The second-order valence-electron chi connectivity index (χ2n) is 3.30. The Labute approximate surface area is 104 Å². The molecule has 0 spiro atoms. The van der Waals surface area contributed by atoms with E-state index in [1.165, 1.54) is 25.1 Å². The molecule has 1 aromatic heterocycles. The molecular weight excluding hydrogens is 248 g/mol. The van der Waals surface area contributed by atoms with E-state index < -0.39 is 5.97 Å². The molecule has 0 amide bonds. The number of hydrogen-bond acceptors (Lipinski definition) is 5. The Hall–Kier alpha value is -0.810. The minimum atomic E-state index is -0.472. The van der Waals surface area contributed by atoms with Gasteiger partial charge in [-0.1, -0.05) is 6.92 Å². The standard InChI is InChI=1S/C10H13ClN2O2S/c1-7(3-11)6-16-9-5-12-4-8(13-9)10(14)15-2/h4-5,7H,3,6H2,1-2H3. The number of alkyl halides is 1. The highest BCUT2D eigenvalue weighted by atomic mass is 35.5. The summed E-state index contributed by atoms with van der Waals surface area (Å²) in [5.41, 5.74) is 0.228. The number of nitrogens with zero attached hydrogens (tertiary/aromatic N) is 2. The van der Waals surface area contributed by atoms with E-state index in [9.17, 15) is 4.79 Å². The van der Waals surface area contributed by atoms with Crippen LogP contribution in [0.15, 0.2) is 17.4 Å². The van der Waals surface area contributed by atoms with Crippen molar-refractivity contribution < 1.29 is 9.53 Å². The predicted molar refractivity (Wildman–Crippen MR) is 64.0 cm³/mol. The molecule has 0 saturated heterocycles. The third-order valence-electron chi connectivity index (χ3n) is 1.79. The lowest BCUT2D eigenvalue weighted by Crippen LogP contribution is -2.06. The van der Waals surface area contributed by atoms with E-state index in [0.29, 0.717) is 16.8 Å². The third kappa shape index (κ3) is 3.98. The molecule has 1 unspecified atom stereocenters. The van der Waals surface area contributed by atoms with E-state index in [0.717, 1.165) is 5.75 Å². The number of rotatable bonds is 5. The van der Waals surface area contributed by atoms with Crippen LogP contribution in [0.2, 0.25) is 0 Å². The molecule has 88 valence electrons. The van der Waals surface area contributed by atoms with Gasteiger partial charge in [0, 0.05) is 11.6 Å². The molecule has 0 aliphatic rings. The minimum Gasteiger partial charge on any atom is -0.464 e. The topological polar surface area (TPSA) is 52.1 Å². The number of esters is 1. The van der Waals surface area contributed by atoms with Crippen molar-refractivity contribution in [2.24, 2.45) is 5.92 Å². The SMILES string of the molecule is COC(=O)c1cncc(SCC(C)CCl)n1. The van der Waals surface area contributed by atoms with Gasteiger partial charge >= 0.3 is 5.97 Å². The maximum Gasteiger partial charge on any atom is 0.358 e. The molecule has 0 aliphatic carbocycles. The van der Waals surface area contributed by atoms with Gasteiger partial charge in [-0.3, -0.25) is 4.98 Å². The molecular formula is C10H13ClN2O2S. The van der Waals surface area contributed by atoms with Crippen molar-refractivity contribution in [3.05, 3.63) is 18.1 Å². The summed E-state index contributed by atoms with van der Waals surface area (Å²) in [6.45, 7) is 2.05. The van der Waals surface area contributed by atoms with Crippen LogP contribution >= 0.6 is 23.4 Å². The molecule has 6 heteroatoms. The van der Waals surface area contributed by atoms with Crippen molar-refractivity contribution >= 4 is 29.3 Å². The Morgan fingerprint density at radius 1 is 1.62 bits per heavy atom. The van der Waals surface area contributed by atoms with E-state index in [4.69, 9.17) is 11.6 Å². The molecule has 16 heavy (non-hydrogen) atoms. The first-order valence-electron chi connectivity index (χ1n) is 4.76. The van der Waals surface area contributed by atoms with Crippen molar-refractivity contribution in [1.82, 2.24) is 9.97 Å². The first-order valence-corrected chi connectivity index (χ1v) is 6.28. The third-order valence-corrected chi connectivity index (χ3v) is 3.54. The van der Waals surface area contributed by atoms with Crippen molar-refractivity contribution in [3.63, 3.8) is 0 Å². The van der Waals surface area contributed by atoms with Gasteiger partial charge in [0.25, 0.3) is 0 Å². The van der Waals surface area contributed by atoms with E-state index in [1.807, 2.05) is 0 Å². The van der Waals surface area contributed by atoms with E-state index in [2.05, 4.69) is 21.6 Å². The molecule has 1 aromatic rings. The average molecular weight is 261 g/mol. The predicted octanol–water partition coefficient (Wildman–Crippen LogP) is 2.23. The van der Waals surface area contributed by atoms with Gasteiger partial charge in [0.2, 0.25) is 0 Å². The summed E-state index contributed by atoms with van der Waals surface area (Å²) in [7, 11) is 1.32. The van der Waals surface area contributed by atoms with Gasteiger partial charge in [0.05, 0.1) is 19.5 Å². The normalized spacial score (nSPS) is 12.2. The number of aromatic nitrogens is 2. The Bertz CT molecular complexity index is 362. The molecule has 0 N–H and O–H groups in total. The first-order chi connectivity index (χ1) is 7.67. The van der Waals surface area contributed by atoms with Gasteiger partial charge in [0.1, 0.15) is 5.03 Å². The summed E-state index contributed by atoms with van der Waals surface area (Å²) in [6, 6.07) is 0. The fourth-order valence-corrected chi connectivity index (χ4v) is 2.00. The Morgan fingerprint density at radius 3 is 3.00 bits per heavy atom. The molecule has 1 heterocycles. The zero-order valence-electron chi connectivity index (χ0n) is 9.14. The Balaban J connectivity index is 2.64. The number of methoxy groups -OCH3 is 1. The van der Waals surface area contributed by atoms with Gasteiger partial charge in [-0.25, -0.2) is 9.78 Å². The molecule has 0 bridgehead atoms. The van der Waals surface area contributed by atoms with Crippen LogP contribution in [-0.4, -0.2) is 34.7 Å². The number of hydrogen-bond donors (Lipinski definition) is 0. The van der Waals surface area contributed by atoms with E-state index in [-0.39, 0.29) is 5.69 Å². The quantitative estimate of drug-likeness (QED) is 0.462. The Morgan fingerprint density at radius 2 is 2.38 bits per heavy atom. The monoisotopic (exact) mass is 260 g/mol. The van der Waals surface area contributed by atoms with Gasteiger partial charge in [-0.2, -0.15) is 0 Å². The van der Waals surface area contributed by atoms with Crippen LogP contribution in [0.4, 0.5) is 0 Å². The van der Waals surface area contributed by atoms with Gasteiger partial charge < -0.3 is 4.74 Å². The number of ether oxygens (including phenoxy) is 1. The van der Waals surface area contributed by atoms with Crippen LogP contribution in [0.3, 0.4) is 0 Å². The summed E-state index contributed by atoms with van der Waals surface area (Å²) in [5.74, 6) is 1.38. The minimum absolute atomic E-state index is 0.228. The molecule has 0 fully saturated rings. The number of thioether (sulfide) groups is 1. The molecule has 0 aromatic carbocycles. The van der Waals surface area contributed by atoms with Gasteiger partial charge in [-0.05, 0) is 5.92 Å². The highest BCUT2D eigenvalue weighted by molar-refractivity contribution is 7.99. The smallest absolute Gasteiger partial charge is 0.358 e. The van der Waals surface area contributed by atoms with Crippen LogP contribution in [-0.2, 0) is 4.74 Å². The van der Waals surface area contributed by atoms with Crippen molar-refractivity contribution in [1.29, 1.82) is 0 Å². The zero-order valence-corrected chi connectivity index (χ0v) is 10.7. The maximum atomic E-state index is 11.2. The van der Waals surface area contributed by atoms with Crippen LogP contribution in [0, 0.1) is 5.92 Å². The lowest BCUT2D eigenvalue weighted by atomic mass is 10.3. The number of carbonyl (C=O) groups is 1. The van der Waals surface area contributed by atoms with Gasteiger partial charge in [0.15, 0.2) is 5.69 Å².